The number of nitrogens with one attached hydrogen (secondary N) is 1. The number of carbonyl (C=O) groups is 1. The summed E-state index contributed by atoms with van der Waals surface area (Å²) < 4.78 is 5.16. The zero-order valence-electron chi connectivity index (χ0n) is 11.4. The van der Waals surface area contributed by atoms with E-state index in [4.69, 9.17) is 10.5 Å². The van der Waals surface area contributed by atoms with Crippen molar-refractivity contribution in [1.29, 1.82) is 0 Å². The quantitative estimate of drug-likeness (QED) is 0.818. The molecule has 4 nitrogen and oxygen atoms in total. The summed E-state index contributed by atoms with van der Waals surface area (Å²) >= 11 is 0. The van der Waals surface area contributed by atoms with Gasteiger partial charge in [-0.15, -0.1) is 0 Å². The summed E-state index contributed by atoms with van der Waals surface area (Å²) in [6.07, 6.45) is 2.93. The molecule has 0 bridgehead atoms. The molecule has 1 saturated carbocycles. The largest absolute Gasteiger partial charge is 0.380 e. The molecule has 0 heterocycles. The van der Waals surface area contributed by atoms with Crippen LogP contribution in [0.15, 0.2) is 24.3 Å². The van der Waals surface area contributed by atoms with Gasteiger partial charge in [0.05, 0.1) is 12.0 Å². The molecule has 2 rings (SSSR count). The minimum absolute atomic E-state index is 0.0912. The summed E-state index contributed by atoms with van der Waals surface area (Å²) in [6, 6.07) is 7.99. The molecule has 1 fully saturated rings. The van der Waals surface area contributed by atoms with Crippen LogP contribution >= 0.6 is 0 Å². The minimum atomic E-state index is -0.309. The normalized spacial score (nSPS) is 16.7. The molecule has 3 N–H and O–H groups in total. The van der Waals surface area contributed by atoms with Crippen LogP contribution < -0.4 is 11.1 Å². The first-order valence-corrected chi connectivity index (χ1v) is 6.76. The van der Waals surface area contributed by atoms with Gasteiger partial charge in [0.2, 0.25) is 5.91 Å². The molecule has 0 unspecified atom stereocenters. The molecule has 0 atom stereocenters. The Morgan fingerprint density at radius 3 is 2.58 bits per heavy atom. The predicted octanol–water partition coefficient (Wildman–Crippen LogP) is 1.58. The third-order valence-corrected chi connectivity index (χ3v) is 4.04. The lowest BCUT2D eigenvalue weighted by atomic mass is 9.68. The fourth-order valence-corrected chi connectivity index (χ4v) is 2.52. The molecule has 0 saturated heterocycles. The maximum Gasteiger partial charge on any atom is 0.227 e. The van der Waals surface area contributed by atoms with E-state index in [-0.39, 0.29) is 11.3 Å². The van der Waals surface area contributed by atoms with Crippen LogP contribution in [0.3, 0.4) is 0 Å². The van der Waals surface area contributed by atoms with E-state index >= 15 is 0 Å². The molecule has 1 amide bonds. The van der Waals surface area contributed by atoms with Crippen LogP contribution in [0.1, 0.15) is 30.4 Å². The Kier molecular flexibility index (Phi) is 4.56. The molecule has 1 aromatic carbocycles. The van der Waals surface area contributed by atoms with Crippen LogP contribution in [0, 0.1) is 5.41 Å². The number of nitrogens with two attached hydrogens (primary N) is 1. The highest BCUT2D eigenvalue weighted by molar-refractivity contribution is 5.83. The Hall–Kier alpha value is -1.39. The fourth-order valence-electron chi connectivity index (χ4n) is 2.52. The third kappa shape index (κ3) is 2.96. The fraction of sp³-hybridized carbons (Fsp3) is 0.533. The van der Waals surface area contributed by atoms with E-state index in [1.165, 1.54) is 0 Å². The summed E-state index contributed by atoms with van der Waals surface area (Å²) in [5.74, 6) is 0.0912. The summed E-state index contributed by atoms with van der Waals surface area (Å²) in [5, 5.41) is 3.02. The molecule has 1 aliphatic carbocycles. The maximum absolute atomic E-state index is 12.2. The van der Waals surface area contributed by atoms with Gasteiger partial charge in [0.25, 0.3) is 0 Å². The first kappa shape index (κ1) is 14.0. The van der Waals surface area contributed by atoms with Crippen molar-refractivity contribution in [2.24, 2.45) is 11.1 Å². The van der Waals surface area contributed by atoms with E-state index in [0.717, 1.165) is 30.4 Å². The zero-order valence-corrected chi connectivity index (χ0v) is 11.4. The van der Waals surface area contributed by atoms with Gasteiger partial charge in [0.15, 0.2) is 0 Å². The van der Waals surface area contributed by atoms with Gasteiger partial charge in [0.1, 0.15) is 0 Å². The molecule has 0 aromatic heterocycles. The van der Waals surface area contributed by atoms with Crippen molar-refractivity contribution >= 4 is 5.91 Å². The van der Waals surface area contributed by atoms with Gasteiger partial charge < -0.3 is 15.8 Å². The van der Waals surface area contributed by atoms with Crippen LogP contribution in [-0.2, 0) is 22.7 Å². The highest BCUT2D eigenvalue weighted by Gasteiger charge is 2.42. The molecule has 1 aromatic rings. The van der Waals surface area contributed by atoms with Gasteiger partial charge in [-0.05, 0) is 24.0 Å². The first-order valence-electron chi connectivity index (χ1n) is 6.76. The molecule has 104 valence electrons. The zero-order chi connectivity index (χ0) is 13.7. The number of carbonyl (C=O) groups excluding carboxylic acids is 1. The Bertz CT molecular complexity index is 436. The molecule has 0 spiro atoms. The second kappa shape index (κ2) is 6.17. The molecule has 0 aliphatic heterocycles. The molecule has 4 heteroatoms. The Balaban J connectivity index is 1.97. The first-order chi connectivity index (χ1) is 9.22. The number of ether oxygens (including phenoxy) is 1. The van der Waals surface area contributed by atoms with Crippen LogP contribution in [-0.4, -0.2) is 19.6 Å². The van der Waals surface area contributed by atoms with Gasteiger partial charge in [-0.3, -0.25) is 4.79 Å². The summed E-state index contributed by atoms with van der Waals surface area (Å²) in [5.41, 5.74) is 7.64. The SMILES string of the molecule is COCc1ccccc1CNC(=O)C1(CN)CCC1. The summed E-state index contributed by atoms with van der Waals surface area (Å²) in [6.45, 7) is 1.55. The summed E-state index contributed by atoms with van der Waals surface area (Å²) in [7, 11) is 1.67. The van der Waals surface area contributed by atoms with E-state index in [1.807, 2.05) is 24.3 Å². The van der Waals surface area contributed by atoms with Crippen molar-refractivity contribution < 1.29 is 9.53 Å². The molecule has 19 heavy (non-hydrogen) atoms. The van der Waals surface area contributed by atoms with E-state index < -0.39 is 0 Å². The average molecular weight is 262 g/mol. The van der Waals surface area contributed by atoms with E-state index in [2.05, 4.69) is 5.32 Å². The Labute approximate surface area is 114 Å². The van der Waals surface area contributed by atoms with Gasteiger partial charge >= 0.3 is 0 Å². The van der Waals surface area contributed by atoms with Crippen molar-refractivity contribution in [3.8, 4) is 0 Å². The van der Waals surface area contributed by atoms with E-state index in [9.17, 15) is 4.79 Å². The van der Waals surface area contributed by atoms with Crippen molar-refractivity contribution in [2.45, 2.75) is 32.4 Å². The summed E-state index contributed by atoms with van der Waals surface area (Å²) in [4.78, 5) is 12.2. The van der Waals surface area contributed by atoms with Crippen molar-refractivity contribution in [2.75, 3.05) is 13.7 Å². The average Bonchev–Trinajstić information content (AvgIpc) is 2.37. The molecular weight excluding hydrogens is 240 g/mol. The van der Waals surface area contributed by atoms with Crippen LogP contribution in [0.4, 0.5) is 0 Å². The number of amides is 1. The van der Waals surface area contributed by atoms with Crippen molar-refractivity contribution in [3.05, 3.63) is 35.4 Å². The lowest BCUT2D eigenvalue weighted by Crippen LogP contribution is -2.50. The predicted molar refractivity (Wildman–Crippen MR) is 74.3 cm³/mol. The van der Waals surface area contributed by atoms with Gasteiger partial charge in [0, 0.05) is 20.2 Å². The number of methoxy groups -OCH3 is 1. The number of hydrogen-bond acceptors (Lipinski definition) is 3. The monoisotopic (exact) mass is 262 g/mol. The Morgan fingerprint density at radius 1 is 1.37 bits per heavy atom. The highest BCUT2D eigenvalue weighted by atomic mass is 16.5. The van der Waals surface area contributed by atoms with Crippen LogP contribution in [0.5, 0.6) is 0 Å². The van der Waals surface area contributed by atoms with Crippen molar-refractivity contribution in [3.63, 3.8) is 0 Å². The third-order valence-electron chi connectivity index (χ3n) is 4.04. The second-order valence-electron chi connectivity index (χ2n) is 5.22. The smallest absolute Gasteiger partial charge is 0.227 e. The molecule has 1 aliphatic rings. The Morgan fingerprint density at radius 2 is 2.05 bits per heavy atom. The standard InChI is InChI=1S/C15H22N2O2/c1-19-10-13-6-3-2-5-12(13)9-17-14(18)15(11-16)7-4-8-15/h2-3,5-6H,4,7-11,16H2,1H3,(H,17,18). The lowest BCUT2D eigenvalue weighted by Gasteiger charge is -2.39. The number of benzene rings is 1. The number of rotatable bonds is 6. The number of hydrogen-bond donors (Lipinski definition) is 2. The van der Waals surface area contributed by atoms with Crippen LogP contribution in [0.2, 0.25) is 0 Å². The maximum atomic E-state index is 12.2. The van der Waals surface area contributed by atoms with Gasteiger partial charge in [-0.1, -0.05) is 30.7 Å². The van der Waals surface area contributed by atoms with Crippen LogP contribution in [0.25, 0.3) is 0 Å². The van der Waals surface area contributed by atoms with E-state index in [1.54, 1.807) is 7.11 Å². The van der Waals surface area contributed by atoms with E-state index in [0.29, 0.717) is 19.7 Å². The highest BCUT2D eigenvalue weighted by Crippen LogP contribution is 2.40. The van der Waals surface area contributed by atoms with Gasteiger partial charge in [-0.2, -0.15) is 0 Å². The minimum Gasteiger partial charge on any atom is -0.380 e. The second-order valence-corrected chi connectivity index (χ2v) is 5.22. The van der Waals surface area contributed by atoms with Crippen molar-refractivity contribution in [1.82, 2.24) is 5.32 Å². The molecular formula is C15H22N2O2. The lowest BCUT2D eigenvalue weighted by molar-refractivity contribution is -0.135. The van der Waals surface area contributed by atoms with Gasteiger partial charge in [-0.25, -0.2) is 0 Å². The molecule has 0 radical (unpaired) electrons. The topological polar surface area (TPSA) is 64.3 Å².